The first-order chi connectivity index (χ1) is 11.1. The van der Waals surface area contributed by atoms with E-state index in [1.54, 1.807) is 23.2 Å². The van der Waals surface area contributed by atoms with Crippen LogP contribution in [-0.4, -0.2) is 35.4 Å². The largest absolute Gasteiger partial charge is 0.469 e. The topological polar surface area (TPSA) is 59.5 Å². The van der Waals surface area contributed by atoms with Crippen molar-refractivity contribution in [1.82, 2.24) is 9.88 Å². The Morgan fingerprint density at radius 2 is 1.91 bits per heavy atom. The van der Waals surface area contributed by atoms with Gasteiger partial charge in [-0.1, -0.05) is 18.2 Å². The summed E-state index contributed by atoms with van der Waals surface area (Å²) < 4.78 is 5.37. The molecule has 0 atom stereocenters. The van der Waals surface area contributed by atoms with E-state index in [0.717, 1.165) is 5.69 Å². The van der Waals surface area contributed by atoms with Crippen molar-refractivity contribution in [2.24, 2.45) is 0 Å². The molecule has 23 heavy (non-hydrogen) atoms. The SMILES string of the molecule is COC(=O)CCN(Cc1ccccn1)C(=O)c1ccccc1Br. The molecule has 0 aliphatic heterocycles. The van der Waals surface area contributed by atoms with Crippen LogP contribution in [0.5, 0.6) is 0 Å². The van der Waals surface area contributed by atoms with E-state index < -0.39 is 0 Å². The summed E-state index contributed by atoms with van der Waals surface area (Å²) in [5.74, 6) is -0.511. The molecule has 1 heterocycles. The van der Waals surface area contributed by atoms with Gasteiger partial charge < -0.3 is 9.64 Å². The third-order valence-electron chi connectivity index (χ3n) is 3.28. The van der Waals surface area contributed by atoms with Crippen LogP contribution >= 0.6 is 15.9 Å². The number of carbonyl (C=O) groups is 2. The summed E-state index contributed by atoms with van der Waals surface area (Å²) >= 11 is 3.39. The normalized spacial score (nSPS) is 10.2. The minimum absolute atomic E-state index is 0.138. The van der Waals surface area contributed by atoms with Crippen molar-refractivity contribution >= 4 is 27.8 Å². The first-order valence-corrected chi connectivity index (χ1v) is 7.91. The molecule has 0 unspecified atom stereocenters. The third-order valence-corrected chi connectivity index (χ3v) is 3.98. The van der Waals surface area contributed by atoms with E-state index in [9.17, 15) is 9.59 Å². The van der Waals surface area contributed by atoms with E-state index in [1.165, 1.54) is 7.11 Å². The number of nitrogens with zero attached hydrogens (tertiary/aromatic N) is 2. The second kappa shape index (κ2) is 8.43. The number of aromatic nitrogens is 1. The van der Waals surface area contributed by atoms with Gasteiger partial charge in [0.05, 0.1) is 31.3 Å². The standard InChI is InChI=1S/C17H17BrN2O3/c1-23-16(21)9-11-20(12-13-6-4-5-10-19-13)17(22)14-7-2-3-8-15(14)18/h2-8,10H,9,11-12H2,1H3. The van der Waals surface area contributed by atoms with Gasteiger partial charge in [0.25, 0.3) is 5.91 Å². The summed E-state index contributed by atoms with van der Waals surface area (Å²) in [6.45, 7) is 0.599. The fourth-order valence-electron chi connectivity index (χ4n) is 2.07. The molecule has 0 bridgehead atoms. The van der Waals surface area contributed by atoms with Gasteiger partial charge in [-0.15, -0.1) is 0 Å². The van der Waals surface area contributed by atoms with Crippen LogP contribution in [0, 0.1) is 0 Å². The Labute approximate surface area is 143 Å². The lowest BCUT2D eigenvalue weighted by atomic mass is 10.2. The molecule has 0 aliphatic carbocycles. The maximum Gasteiger partial charge on any atom is 0.307 e. The molecule has 0 N–H and O–H groups in total. The van der Waals surface area contributed by atoms with Crippen LogP contribution in [0.4, 0.5) is 0 Å². The predicted molar refractivity (Wildman–Crippen MR) is 89.8 cm³/mol. The number of esters is 1. The summed E-state index contributed by atoms with van der Waals surface area (Å²) in [6, 6.07) is 12.7. The number of methoxy groups -OCH3 is 1. The number of amides is 1. The van der Waals surface area contributed by atoms with E-state index in [4.69, 9.17) is 0 Å². The second-order valence-corrected chi connectivity index (χ2v) is 5.71. The molecular weight excluding hydrogens is 360 g/mol. The van der Waals surface area contributed by atoms with Crippen LogP contribution < -0.4 is 0 Å². The van der Waals surface area contributed by atoms with E-state index in [-0.39, 0.29) is 24.8 Å². The zero-order valence-electron chi connectivity index (χ0n) is 12.7. The molecule has 1 aromatic heterocycles. The highest BCUT2D eigenvalue weighted by Gasteiger charge is 2.19. The molecule has 1 amide bonds. The highest BCUT2D eigenvalue weighted by molar-refractivity contribution is 9.10. The second-order valence-electron chi connectivity index (χ2n) is 4.85. The Morgan fingerprint density at radius 3 is 2.57 bits per heavy atom. The maximum absolute atomic E-state index is 12.8. The summed E-state index contributed by atoms with van der Waals surface area (Å²) in [4.78, 5) is 30.0. The summed E-state index contributed by atoms with van der Waals surface area (Å²) in [5.41, 5.74) is 1.31. The molecule has 0 aliphatic rings. The molecule has 0 saturated carbocycles. The average molecular weight is 377 g/mol. The minimum atomic E-state index is -0.351. The molecule has 0 radical (unpaired) electrons. The molecule has 0 fully saturated rings. The van der Waals surface area contributed by atoms with E-state index in [0.29, 0.717) is 16.6 Å². The summed E-state index contributed by atoms with van der Waals surface area (Å²) in [6.07, 6.45) is 1.82. The van der Waals surface area contributed by atoms with Gasteiger partial charge in [-0.05, 0) is 40.2 Å². The van der Waals surface area contributed by atoms with Gasteiger partial charge in [0.15, 0.2) is 0 Å². The van der Waals surface area contributed by atoms with Crippen LogP contribution in [0.1, 0.15) is 22.5 Å². The number of hydrogen-bond donors (Lipinski definition) is 0. The maximum atomic E-state index is 12.8. The molecular formula is C17H17BrN2O3. The monoisotopic (exact) mass is 376 g/mol. The first-order valence-electron chi connectivity index (χ1n) is 7.12. The van der Waals surface area contributed by atoms with Crippen molar-refractivity contribution in [3.63, 3.8) is 0 Å². The fourth-order valence-corrected chi connectivity index (χ4v) is 2.53. The van der Waals surface area contributed by atoms with Gasteiger partial charge in [-0.25, -0.2) is 0 Å². The lowest BCUT2D eigenvalue weighted by Crippen LogP contribution is -2.33. The molecule has 0 saturated heterocycles. The number of rotatable bonds is 6. The minimum Gasteiger partial charge on any atom is -0.469 e. The smallest absolute Gasteiger partial charge is 0.307 e. The van der Waals surface area contributed by atoms with Gasteiger partial charge in [0.1, 0.15) is 0 Å². The Bertz CT molecular complexity index is 677. The number of halogens is 1. The van der Waals surface area contributed by atoms with Crippen molar-refractivity contribution in [1.29, 1.82) is 0 Å². The number of ether oxygens (including phenoxy) is 1. The molecule has 2 aromatic rings. The van der Waals surface area contributed by atoms with Crippen LogP contribution in [-0.2, 0) is 16.1 Å². The Kier molecular flexibility index (Phi) is 6.29. The molecule has 120 valence electrons. The highest BCUT2D eigenvalue weighted by atomic mass is 79.9. The summed E-state index contributed by atoms with van der Waals surface area (Å²) in [7, 11) is 1.33. The highest BCUT2D eigenvalue weighted by Crippen LogP contribution is 2.19. The zero-order chi connectivity index (χ0) is 16.7. The molecule has 0 spiro atoms. The number of carbonyl (C=O) groups excluding carboxylic acids is 2. The van der Waals surface area contributed by atoms with Gasteiger partial charge in [0, 0.05) is 17.2 Å². The van der Waals surface area contributed by atoms with Gasteiger partial charge in [0.2, 0.25) is 0 Å². The fraction of sp³-hybridized carbons (Fsp3) is 0.235. The Balaban J connectivity index is 2.20. The Hall–Kier alpha value is -2.21. The molecule has 2 rings (SSSR count). The van der Waals surface area contributed by atoms with E-state index >= 15 is 0 Å². The van der Waals surface area contributed by atoms with Crippen molar-refractivity contribution in [2.75, 3.05) is 13.7 Å². The van der Waals surface area contributed by atoms with Crippen LogP contribution in [0.3, 0.4) is 0 Å². The van der Waals surface area contributed by atoms with Crippen LogP contribution in [0.15, 0.2) is 53.1 Å². The van der Waals surface area contributed by atoms with Crippen LogP contribution in [0.25, 0.3) is 0 Å². The number of pyridine rings is 1. The molecule has 6 heteroatoms. The lowest BCUT2D eigenvalue weighted by Gasteiger charge is -2.22. The third kappa shape index (κ3) is 4.89. The van der Waals surface area contributed by atoms with Crippen molar-refractivity contribution in [2.45, 2.75) is 13.0 Å². The van der Waals surface area contributed by atoms with Gasteiger partial charge in [-0.2, -0.15) is 0 Å². The van der Waals surface area contributed by atoms with Gasteiger partial charge in [-0.3, -0.25) is 14.6 Å². The van der Waals surface area contributed by atoms with E-state index in [1.807, 2.05) is 30.3 Å². The molecule has 5 nitrogen and oxygen atoms in total. The number of hydrogen-bond acceptors (Lipinski definition) is 4. The summed E-state index contributed by atoms with van der Waals surface area (Å²) in [5, 5.41) is 0. The van der Waals surface area contributed by atoms with E-state index in [2.05, 4.69) is 25.7 Å². The van der Waals surface area contributed by atoms with Gasteiger partial charge >= 0.3 is 5.97 Å². The van der Waals surface area contributed by atoms with Crippen LogP contribution in [0.2, 0.25) is 0 Å². The van der Waals surface area contributed by atoms with Crippen molar-refractivity contribution < 1.29 is 14.3 Å². The lowest BCUT2D eigenvalue weighted by molar-refractivity contribution is -0.140. The average Bonchev–Trinajstić information content (AvgIpc) is 2.59. The predicted octanol–water partition coefficient (Wildman–Crippen LogP) is 3.05. The van der Waals surface area contributed by atoms with Crippen molar-refractivity contribution in [3.05, 3.63) is 64.4 Å². The number of benzene rings is 1. The van der Waals surface area contributed by atoms with Crippen molar-refractivity contribution in [3.8, 4) is 0 Å². The quantitative estimate of drug-likeness (QED) is 0.726. The Morgan fingerprint density at radius 1 is 1.17 bits per heavy atom. The zero-order valence-corrected chi connectivity index (χ0v) is 14.3. The first kappa shape index (κ1) is 17.1. The molecule has 1 aromatic carbocycles.